The van der Waals surface area contributed by atoms with Gasteiger partial charge < -0.3 is 15.7 Å². The Kier molecular flexibility index (Phi) is 3.49. The number of aromatic nitrogens is 1. The van der Waals surface area contributed by atoms with Gasteiger partial charge in [-0.15, -0.1) is 0 Å². The van der Waals surface area contributed by atoms with E-state index in [0.717, 1.165) is 12.8 Å². The molecule has 0 aromatic carbocycles. The van der Waals surface area contributed by atoms with Gasteiger partial charge in [0.2, 0.25) is 0 Å². The number of aliphatic hydroxyl groups is 1. The van der Waals surface area contributed by atoms with Crippen LogP contribution in [0.15, 0.2) is 12.1 Å². The molecular formula is C11H14ClN3O2. The molecule has 1 aromatic heterocycles. The Bertz CT molecular complexity index is 435. The average molecular weight is 256 g/mol. The summed E-state index contributed by atoms with van der Waals surface area (Å²) in [5.74, 6) is -0.00338. The van der Waals surface area contributed by atoms with Crippen LogP contribution in [0.4, 0.5) is 5.82 Å². The molecule has 0 radical (unpaired) electrons. The molecule has 5 nitrogen and oxygen atoms in total. The maximum atomic E-state index is 12.2. The summed E-state index contributed by atoms with van der Waals surface area (Å²) in [5, 5.41) is 9.25. The van der Waals surface area contributed by atoms with Gasteiger partial charge >= 0.3 is 0 Å². The highest BCUT2D eigenvalue weighted by molar-refractivity contribution is 6.33. The van der Waals surface area contributed by atoms with Crippen molar-refractivity contribution in [2.75, 3.05) is 18.9 Å². The standard InChI is InChI=1S/C11H14ClN3O2/c12-8-3-4-9(13)14-10(8)11(17)15(5-6-16)7-1-2-7/h3-4,7,16H,1-2,5-6H2,(H2,13,14). The number of nitrogens with two attached hydrogens (primary N) is 1. The molecule has 0 unspecified atom stereocenters. The highest BCUT2D eigenvalue weighted by atomic mass is 35.5. The van der Waals surface area contributed by atoms with E-state index in [9.17, 15) is 4.79 Å². The van der Waals surface area contributed by atoms with E-state index in [1.165, 1.54) is 0 Å². The van der Waals surface area contributed by atoms with Crippen LogP contribution in [-0.2, 0) is 0 Å². The summed E-state index contributed by atoms with van der Waals surface area (Å²) in [7, 11) is 0. The molecule has 0 aliphatic heterocycles. The third-order valence-electron chi connectivity index (χ3n) is 2.66. The van der Waals surface area contributed by atoms with Crippen LogP contribution in [0.2, 0.25) is 5.02 Å². The number of pyridine rings is 1. The van der Waals surface area contributed by atoms with Crippen molar-refractivity contribution < 1.29 is 9.90 Å². The molecule has 0 spiro atoms. The number of halogens is 1. The lowest BCUT2D eigenvalue weighted by atomic mass is 10.3. The Labute approximate surface area is 104 Å². The second-order valence-electron chi connectivity index (χ2n) is 4.02. The molecule has 6 heteroatoms. The summed E-state index contributed by atoms with van der Waals surface area (Å²) < 4.78 is 0. The minimum Gasteiger partial charge on any atom is -0.395 e. The quantitative estimate of drug-likeness (QED) is 0.838. The number of nitrogens with zero attached hydrogens (tertiary/aromatic N) is 2. The molecule has 1 fully saturated rings. The minimum absolute atomic E-state index is 0.0673. The Hall–Kier alpha value is -1.33. The zero-order valence-electron chi connectivity index (χ0n) is 9.27. The van der Waals surface area contributed by atoms with E-state index in [1.54, 1.807) is 17.0 Å². The number of rotatable bonds is 4. The fourth-order valence-electron chi connectivity index (χ4n) is 1.69. The number of hydrogen-bond donors (Lipinski definition) is 2. The number of hydrogen-bond acceptors (Lipinski definition) is 4. The second kappa shape index (κ2) is 4.89. The van der Waals surface area contributed by atoms with Crippen LogP contribution < -0.4 is 5.73 Å². The van der Waals surface area contributed by atoms with Crippen molar-refractivity contribution in [1.82, 2.24) is 9.88 Å². The van der Waals surface area contributed by atoms with E-state index >= 15 is 0 Å². The molecule has 0 saturated heterocycles. The third-order valence-corrected chi connectivity index (χ3v) is 2.96. The number of carbonyl (C=O) groups excluding carboxylic acids is 1. The van der Waals surface area contributed by atoms with E-state index < -0.39 is 0 Å². The van der Waals surface area contributed by atoms with Crippen LogP contribution in [0, 0.1) is 0 Å². The molecule has 1 aliphatic rings. The minimum atomic E-state index is -0.265. The van der Waals surface area contributed by atoms with Gasteiger partial charge in [-0.2, -0.15) is 0 Å². The van der Waals surface area contributed by atoms with Crippen molar-refractivity contribution in [3.63, 3.8) is 0 Å². The van der Waals surface area contributed by atoms with Gasteiger partial charge in [-0.25, -0.2) is 4.98 Å². The summed E-state index contributed by atoms with van der Waals surface area (Å²) >= 11 is 5.93. The van der Waals surface area contributed by atoms with Gasteiger partial charge in [0, 0.05) is 12.6 Å². The Balaban J connectivity index is 2.24. The first-order valence-electron chi connectivity index (χ1n) is 5.47. The van der Waals surface area contributed by atoms with Crippen molar-refractivity contribution in [2.24, 2.45) is 0 Å². The molecule has 3 N–H and O–H groups in total. The largest absolute Gasteiger partial charge is 0.395 e. The number of nitrogen functional groups attached to an aromatic ring is 1. The van der Waals surface area contributed by atoms with E-state index in [4.69, 9.17) is 22.4 Å². The lowest BCUT2D eigenvalue weighted by molar-refractivity contribution is 0.0702. The number of anilines is 1. The fourth-order valence-corrected chi connectivity index (χ4v) is 1.87. The Morgan fingerprint density at radius 1 is 1.59 bits per heavy atom. The normalized spacial score (nSPS) is 14.7. The highest BCUT2D eigenvalue weighted by Crippen LogP contribution is 2.29. The lowest BCUT2D eigenvalue weighted by Gasteiger charge is -2.21. The fraction of sp³-hybridized carbons (Fsp3) is 0.455. The zero-order valence-corrected chi connectivity index (χ0v) is 10.0. The van der Waals surface area contributed by atoms with Crippen molar-refractivity contribution in [3.05, 3.63) is 22.8 Å². The van der Waals surface area contributed by atoms with E-state index in [0.29, 0.717) is 6.54 Å². The average Bonchev–Trinajstić information content (AvgIpc) is 3.12. The first-order chi connectivity index (χ1) is 8.13. The highest BCUT2D eigenvalue weighted by Gasteiger charge is 2.33. The number of carbonyl (C=O) groups is 1. The van der Waals surface area contributed by atoms with Gasteiger partial charge in [0.25, 0.3) is 5.91 Å². The topological polar surface area (TPSA) is 79.5 Å². The van der Waals surface area contributed by atoms with Crippen molar-refractivity contribution in [3.8, 4) is 0 Å². The molecule has 17 heavy (non-hydrogen) atoms. The first kappa shape index (κ1) is 12.1. The maximum absolute atomic E-state index is 12.2. The van der Waals surface area contributed by atoms with Crippen molar-refractivity contribution in [2.45, 2.75) is 18.9 Å². The SMILES string of the molecule is Nc1ccc(Cl)c(C(=O)N(CCO)C2CC2)n1. The van der Waals surface area contributed by atoms with Gasteiger partial charge in [-0.3, -0.25) is 4.79 Å². The monoisotopic (exact) mass is 255 g/mol. The molecule has 1 heterocycles. The van der Waals surface area contributed by atoms with Crippen LogP contribution in [0.25, 0.3) is 0 Å². The predicted molar refractivity (Wildman–Crippen MR) is 64.8 cm³/mol. The third kappa shape index (κ3) is 2.68. The Morgan fingerprint density at radius 2 is 2.29 bits per heavy atom. The van der Waals surface area contributed by atoms with E-state index in [-0.39, 0.29) is 35.1 Å². The maximum Gasteiger partial charge on any atom is 0.274 e. The predicted octanol–water partition coefficient (Wildman–Crippen LogP) is 0.914. The molecule has 0 atom stereocenters. The zero-order chi connectivity index (χ0) is 12.4. The van der Waals surface area contributed by atoms with E-state index in [2.05, 4.69) is 4.98 Å². The van der Waals surface area contributed by atoms with Gasteiger partial charge in [-0.1, -0.05) is 11.6 Å². The van der Waals surface area contributed by atoms with Gasteiger partial charge in [0.15, 0.2) is 0 Å². The second-order valence-corrected chi connectivity index (χ2v) is 4.43. The summed E-state index contributed by atoms with van der Waals surface area (Å²) in [5.41, 5.74) is 5.70. The Morgan fingerprint density at radius 3 is 2.88 bits per heavy atom. The summed E-state index contributed by atoms with van der Waals surface area (Å²) in [4.78, 5) is 17.8. The van der Waals surface area contributed by atoms with Crippen LogP contribution in [0.1, 0.15) is 23.3 Å². The molecule has 0 bridgehead atoms. The smallest absolute Gasteiger partial charge is 0.274 e. The number of aliphatic hydroxyl groups excluding tert-OH is 1. The van der Waals surface area contributed by atoms with Crippen molar-refractivity contribution in [1.29, 1.82) is 0 Å². The summed E-state index contributed by atoms with van der Waals surface area (Å²) in [6.07, 6.45) is 1.93. The van der Waals surface area contributed by atoms with Crippen LogP contribution >= 0.6 is 11.6 Å². The van der Waals surface area contributed by atoms with Gasteiger partial charge in [-0.05, 0) is 25.0 Å². The summed E-state index contributed by atoms with van der Waals surface area (Å²) in [6.45, 7) is 0.235. The first-order valence-corrected chi connectivity index (χ1v) is 5.85. The molecule has 92 valence electrons. The molecule has 2 rings (SSSR count). The van der Waals surface area contributed by atoms with Gasteiger partial charge in [0.05, 0.1) is 11.6 Å². The molecule has 1 aliphatic carbocycles. The van der Waals surface area contributed by atoms with Crippen LogP contribution in [0.3, 0.4) is 0 Å². The van der Waals surface area contributed by atoms with E-state index in [1.807, 2.05) is 0 Å². The van der Waals surface area contributed by atoms with Gasteiger partial charge in [0.1, 0.15) is 11.5 Å². The summed E-state index contributed by atoms with van der Waals surface area (Å²) in [6, 6.07) is 3.31. The molecular weight excluding hydrogens is 242 g/mol. The number of amides is 1. The van der Waals surface area contributed by atoms with Crippen molar-refractivity contribution >= 4 is 23.3 Å². The molecule has 1 saturated carbocycles. The molecule has 1 aromatic rings. The lowest BCUT2D eigenvalue weighted by Crippen LogP contribution is -2.36. The van der Waals surface area contributed by atoms with Crippen LogP contribution in [0.5, 0.6) is 0 Å². The molecule has 1 amide bonds. The van der Waals surface area contributed by atoms with Crippen LogP contribution in [-0.4, -0.2) is 40.1 Å².